The molecule has 6 rings (SSSR count). The number of carbonyl (C=O) groups is 1. The van der Waals surface area contributed by atoms with Crippen molar-refractivity contribution in [1.82, 2.24) is 0 Å². The summed E-state index contributed by atoms with van der Waals surface area (Å²) in [6.07, 6.45) is -14.2. The van der Waals surface area contributed by atoms with E-state index in [1.807, 2.05) is 0 Å². The predicted octanol–water partition coefficient (Wildman–Crippen LogP) is -0.0683. The van der Waals surface area contributed by atoms with E-state index < -0.39 is 108 Å². The molecule has 18 heteroatoms. The van der Waals surface area contributed by atoms with E-state index in [4.69, 9.17) is 28.1 Å². The number of hydrogen-bond acceptors (Lipinski definition) is 18. The number of aromatic hydroxyl groups is 4. The average molecular weight is 757 g/mol. The number of aliphatic hydroxyl groups excluding tert-OH is 6. The molecule has 288 valence electrons. The summed E-state index contributed by atoms with van der Waals surface area (Å²) < 4.78 is 33.8. The van der Waals surface area contributed by atoms with Gasteiger partial charge in [-0.25, -0.2) is 4.79 Å². The maximum absolute atomic E-state index is 14.1. The van der Waals surface area contributed by atoms with Gasteiger partial charge >= 0.3 is 5.97 Å². The van der Waals surface area contributed by atoms with Crippen LogP contribution in [-0.2, 0) is 19.0 Å². The van der Waals surface area contributed by atoms with Crippen molar-refractivity contribution < 1.29 is 84.0 Å². The summed E-state index contributed by atoms with van der Waals surface area (Å²) in [5.74, 6) is -4.00. The molecule has 18 nitrogen and oxygen atoms in total. The molecule has 1 aromatic heterocycles. The zero-order chi connectivity index (χ0) is 39.0. The number of esters is 1. The summed E-state index contributed by atoms with van der Waals surface area (Å²) in [6.45, 7) is 0.574. The second-order valence-electron chi connectivity index (χ2n) is 12.6. The van der Waals surface area contributed by atoms with Crippen LogP contribution in [0.3, 0.4) is 0 Å². The summed E-state index contributed by atoms with van der Waals surface area (Å²) >= 11 is 0. The van der Waals surface area contributed by atoms with Crippen molar-refractivity contribution in [1.29, 1.82) is 0 Å². The molecule has 2 aliphatic rings. The molecule has 0 amide bonds. The molecule has 0 radical (unpaired) electrons. The van der Waals surface area contributed by atoms with Crippen LogP contribution in [0.4, 0.5) is 0 Å². The highest BCUT2D eigenvalue weighted by molar-refractivity contribution is 5.89. The lowest BCUT2D eigenvalue weighted by Gasteiger charge is -2.41. The van der Waals surface area contributed by atoms with Crippen molar-refractivity contribution in [3.63, 3.8) is 0 Å². The van der Waals surface area contributed by atoms with Gasteiger partial charge in [0.1, 0.15) is 58.7 Å². The molecule has 3 aromatic carbocycles. The SMILES string of the molecule is CC1OC(Oc2cc(O)c3c(=O)c(OC4OC(CO)C(O)C(OC(=O)C=Cc5ccc(O)c(O)c5)C4O)c(-c4ccc(O)cc4)oc3c2)C(O)C(O)C1O. The minimum Gasteiger partial charge on any atom is -0.508 e. The van der Waals surface area contributed by atoms with Crippen molar-refractivity contribution in [3.05, 3.63) is 76.5 Å². The smallest absolute Gasteiger partial charge is 0.331 e. The van der Waals surface area contributed by atoms with Crippen LogP contribution in [0.15, 0.2) is 69.9 Å². The topological polar surface area (TPSA) is 296 Å². The number of aliphatic hydroxyl groups is 6. The van der Waals surface area contributed by atoms with Gasteiger partial charge in [0.15, 0.2) is 29.5 Å². The fourth-order valence-electron chi connectivity index (χ4n) is 5.87. The second-order valence-corrected chi connectivity index (χ2v) is 12.6. The molecule has 10 unspecified atom stereocenters. The molecule has 2 saturated heterocycles. The van der Waals surface area contributed by atoms with Crippen molar-refractivity contribution in [2.75, 3.05) is 6.61 Å². The fraction of sp³-hybridized carbons (Fsp3) is 0.333. The first-order chi connectivity index (χ1) is 25.7. The first-order valence-electron chi connectivity index (χ1n) is 16.4. The number of carbonyl (C=O) groups excluding carboxylic acids is 1. The van der Waals surface area contributed by atoms with Gasteiger partial charge < -0.3 is 79.2 Å². The Bertz CT molecular complexity index is 2080. The largest absolute Gasteiger partial charge is 0.508 e. The molecule has 2 aliphatic heterocycles. The van der Waals surface area contributed by atoms with Crippen molar-refractivity contribution >= 4 is 23.0 Å². The minimum atomic E-state index is -2.01. The van der Waals surface area contributed by atoms with Gasteiger partial charge in [-0.3, -0.25) is 4.79 Å². The molecule has 0 spiro atoms. The molecule has 0 aliphatic carbocycles. The first-order valence-corrected chi connectivity index (χ1v) is 16.4. The normalized spacial score (nSPS) is 28.6. The molecule has 0 bridgehead atoms. The third kappa shape index (κ3) is 7.63. The van der Waals surface area contributed by atoms with E-state index in [0.29, 0.717) is 0 Å². The van der Waals surface area contributed by atoms with Gasteiger partial charge in [0.2, 0.25) is 23.8 Å². The molecule has 0 saturated carbocycles. The number of fused-ring (bicyclic) bond motifs is 1. The summed E-state index contributed by atoms with van der Waals surface area (Å²) in [5, 5.41) is 102. The molecular formula is C36H36O18. The lowest BCUT2D eigenvalue weighted by Crippen LogP contribution is -2.61. The molecule has 2 fully saturated rings. The Morgan fingerprint density at radius 3 is 2.17 bits per heavy atom. The second kappa shape index (κ2) is 15.5. The van der Waals surface area contributed by atoms with E-state index >= 15 is 0 Å². The van der Waals surface area contributed by atoms with E-state index in [1.165, 1.54) is 49.4 Å². The van der Waals surface area contributed by atoms with Gasteiger partial charge in [0, 0.05) is 23.8 Å². The maximum atomic E-state index is 14.1. The van der Waals surface area contributed by atoms with Gasteiger partial charge in [0.05, 0.1) is 12.7 Å². The van der Waals surface area contributed by atoms with E-state index in [9.17, 15) is 60.7 Å². The number of hydrogen-bond donors (Lipinski definition) is 10. The summed E-state index contributed by atoms with van der Waals surface area (Å²) in [7, 11) is 0. The Morgan fingerprint density at radius 2 is 1.48 bits per heavy atom. The molecule has 3 heterocycles. The summed E-state index contributed by atoms with van der Waals surface area (Å²) in [5.41, 5.74) is -0.911. The number of rotatable bonds is 9. The zero-order valence-electron chi connectivity index (χ0n) is 28.1. The maximum Gasteiger partial charge on any atom is 0.331 e. The quantitative estimate of drug-likeness (QED) is 0.0607. The Balaban J connectivity index is 1.33. The van der Waals surface area contributed by atoms with Crippen molar-refractivity contribution in [2.45, 2.75) is 68.3 Å². The first kappa shape index (κ1) is 38.3. The van der Waals surface area contributed by atoms with Gasteiger partial charge in [-0.15, -0.1) is 0 Å². The van der Waals surface area contributed by atoms with Crippen molar-refractivity contribution in [2.24, 2.45) is 0 Å². The van der Waals surface area contributed by atoms with Gasteiger partial charge in [-0.1, -0.05) is 6.07 Å². The number of phenolic OH excluding ortho intramolecular Hbond substituents is 4. The number of ether oxygens (including phenoxy) is 5. The molecule has 4 aromatic rings. The van der Waals surface area contributed by atoms with Crippen LogP contribution in [0.2, 0.25) is 0 Å². The number of phenols is 4. The third-order valence-corrected chi connectivity index (χ3v) is 8.82. The Kier molecular flexibility index (Phi) is 11.0. The van der Waals surface area contributed by atoms with Crippen LogP contribution in [0.5, 0.6) is 34.5 Å². The molecular weight excluding hydrogens is 720 g/mol. The van der Waals surface area contributed by atoms with Gasteiger partial charge in [-0.2, -0.15) is 0 Å². The van der Waals surface area contributed by atoms with E-state index in [1.54, 1.807) is 0 Å². The Morgan fingerprint density at radius 1 is 0.778 bits per heavy atom. The highest BCUT2D eigenvalue weighted by Crippen LogP contribution is 2.39. The van der Waals surface area contributed by atoms with E-state index in [2.05, 4.69) is 0 Å². The highest BCUT2D eigenvalue weighted by atomic mass is 16.7. The molecule has 10 N–H and O–H groups in total. The van der Waals surface area contributed by atoms with Crippen LogP contribution in [0, 0.1) is 0 Å². The van der Waals surface area contributed by atoms with Crippen LogP contribution < -0.4 is 14.9 Å². The van der Waals surface area contributed by atoms with Crippen LogP contribution in [0.25, 0.3) is 28.4 Å². The molecule has 10 atom stereocenters. The number of benzene rings is 3. The lowest BCUT2D eigenvalue weighted by atomic mass is 9.99. The van der Waals surface area contributed by atoms with Crippen LogP contribution in [-0.4, -0.2) is 125 Å². The van der Waals surface area contributed by atoms with Gasteiger partial charge in [-0.05, 0) is 55.0 Å². The van der Waals surface area contributed by atoms with Gasteiger partial charge in [0.25, 0.3) is 0 Å². The Labute approximate surface area is 304 Å². The zero-order valence-corrected chi connectivity index (χ0v) is 28.1. The molecule has 54 heavy (non-hydrogen) atoms. The fourth-order valence-corrected chi connectivity index (χ4v) is 5.87. The predicted molar refractivity (Wildman–Crippen MR) is 181 cm³/mol. The highest BCUT2D eigenvalue weighted by Gasteiger charge is 2.48. The van der Waals surface area contributed by atoms with E-state index in [0.717, 1.165) is 24.3 Å². The van der Waals surface area contributed by atoms with E-state index in [-0.39, 0.29) is 34.0 Å². The average Bonchev–Trinajstić information content (AvgIpc) is 3.14. The lowest BCUT2D eigenvalue weighted by molar-refractivity contribution is -0.280. The van der Waals surface area contributed by atoms with Crippen molar-refractivity contribution in [3.8, 4) is 45.8 Å². The third-order valence-electron chi connectivity index (χ3n) is 8.82. The summed E-state index contributed by atoms with van der Waals surface area (Å²) in [6, 6.07) is 11.1. The minimum absolute atomic E-state index is 0.127. The Hall–Kier alpha value is -5.44. The summed E-state index contributed by atoms with van der Waals surface area (Å²) in [4.78, 5) is 26.8. The monoisotopic (exact) mass is 756 g/mol. The van der Waals surface area contributed by atoms with Crippen LogP contribution in [0.1, 0.15) is 12.5 Å². The standard InChI is InChI=1S/C36H36O18/c1-14-26(43)29(46)30(47)35(49-14)50-18-11-21(41)25-22(12-18)51-32(16-4-6-17(38)7-5-16)34(28(25)45)54-36-31(48)33(27(44)23(13-37)52-36)53-24(42)9-3-15-2-8-19(39)20(40)10-15/h2-12,14,23,26-27,29-31,33,35-41,43-44,46-48H,13H2,1H3. The van der Waals surface area contributed by atoms with Crippen LogP contribution >= 0.6 is 0 Å².